The van der Waals surface area contributed by atoms with Crippen LogP contribution in [0.4, 0.5) is 5.00 Å². The lowest BCUT2D eigenvalue weighted by atomic mass is 10.2. The van der Waals surface area contributed by atoms with Crippen molar-refractivity contribution in [2.24, 2.45) is 0 Å². The molecule has 0 atom stereocenters. The number of alkyl halides is 1. The number of nitrogens with zero attached hydrogens (tertiary/aromatic N) is 1. The topological polar surface area (TPSA) is 35.8 Å². The molecule has 0 aliphatic rings. The van der Waals surface area contributed by atoms with Gasteiger partial charge in [-0.15, -0.1) is 11.3 Å². The van der Waals surface area contributed by atoms with E-state index in [-0.39, 0.29) is 0 Å². The summed E-state index contributed by atoms with van der Waals surface area (Å²) in [5.41, 5.74) is 1.83. The molecule has 12 heavy (non-hydrogen) atoms. The Hall–Kier alpha value is -0.530. The van der Waals surface area contributed by atoms with Gasteiger partial charge in [0, 0.05) is 11.9 Å². The fraction of sp³-hybridized carbons (Fsp3) is 0.375. The molecular weight excluding hydrogens is 236 g/mol. The van der Waals surface area contributed by atoms with Crippen LogP contribution in [0.2, 0.25) is 0 Å². The van der Waals surface area contributed by atoms with Gasteiger partial charge in [-0.2, -0.15) is 5.26 Å². The molecule has 0 aromatic carbocycles. The molecule has 0 bridgehead atoms. The first-order valence-corrected chi connectivity index (χ1v) is 5.57. The molecule has 2 nitrogen and oxygen atoms in total. The molecule has 1 rings (SSSR count). The van der Waals surface area contributed by atoms with Crippen molar-refractivity contribution in [3.05, 3.63) is 16.5 Å². The molecule has 64 valence electrons. The first-order chi connectivity index (χ1) is 5.79. The van der Waals surface area contributed by atoms with E-state index in [9.17, 15) is 0 Å². The lowest BCUT2D eigenvalue weighted by Gasteiger charge is -1.99. The van der Waals surface area contributed by atoms with E-state index < -0.39 is 0 Å². The van der Waals surface area contributed by atoms with E-state index in [1.165, 1.54) is 0 Å². The number of nitrogens with one attached hydrogen (secondary N) is 1. The van der Waals surface area contributed by atoms with Crippen LogP contribution in [0.3, 0.4) is 0 Å². The largest absolute Gasteiger partial charge is 0.375 e. The van der Waals surface area contributed by atoms with E-state index in [2.05, 4.69) is 27.3 Å². The van der Waals surface area contributed by atoms with Crippen molar-refractivity contribution in [3.8, 4) is 6.07 Å². The summed E-state index contributed by atoms with van der Waals surface area (Å²) in [6.07, 6.45) is 0. The Morgan fingerprint density at radius 3 is 3.08 bits per heavy atom. The minimum Gasteiger partial charge on any atom is -0.375 e. The van der Waals surface area contributed by atoms with Gasteiger partial charge in [-0.05, 0) is 17.9 Å². The van der Waals surface area contributed by atoms with Crippen LogP contribution in [0.25, 0.3) is 0 Å². The fourth-order valence-corrected chi connectivity index (χ4v) is 1.99. The Kier molecular flexibility index (Phi) is 3.57. The van der Waals surface area contributed by atoms with Crippen LogP contribution in [-0.2, 0) is 0 Å². The summed E-state index contributed by atoms with van der Waals surface area (Å²) < 4.78 is 0. The van der Waals surface area contributed by atoms with Crippen LogP contribution < -0.4 is 5.32 Å². The molecule has 4 heteroatoms. The molecule has 1 heterocycles. The van der Waals surface area contributed by atoms with E-state index in [1.54, 1.807) is 11.3 Å². The molecule has 0 unspecified atom stereocenters. The number of aryl methyl sites for hydroxylation is 1. The monoisotopic (exact) mass is 244 g/mol. The average Bonchev–Trinajstić information content (AvgIpc) is 2.43. The predicted octanol–water partition coefficient (Wildman–Crippen LogP) is 2.74. The Morgan fingerprint density at radius 1 is 1.75 bits per heavy atom. The lowest BCUT2D eigenvalue weighted by Crippen LogP contribution is -2.01. The van der Waals surface area contributed by atoms with Gasteiger partial charge in [-0.25, -0.2) is 0 Å². The Labute approximate surface area is 84.3 Å². The summed E-state index contributed by atoms with van der Waals surface area (Å²) in [7, 11) is 0. The Bertz CT molecular complexity index is 300. The molecule has 1 N–H and O–H groups in total. The van der Waals surface area contributed by atoms with Gasteiger partial charge in [-0.1, -0.05) is 15.9 Å². The minimum absolute atomic E-state index is 0.779. The number of hydrogen-bond donors (Lipinski definition) is 1. The second-order valence-electron chi connectivity index (χ2n) is 2.35. The molecule has 0 aliphatic heterocycles. The molecule has 0 aliphatic carbocycles. The second-order valence-corrected chi connectivity index (χ2v) is 4.02. The summed E-state index contributed by atoms with van der Waals surface area (Å²) in [6.45, 7) is 2.81. The molecule has 1 aromatic heterocycles. The van der Waals surface area contributed by atoms with Crippen LogP contribution in [0.15, 0.2) is 5.38 Å². The van der Waals surface area contributed by atoms with Crippen molar-refractivity contribution in [2.45, 2.75) is 6.92 Å². The maximum absolute atomic E-state index is 8.79. The van der Waals surface area contributed by atoms with Crippen LogP contribution in [0.1, 0.15) is 11.1 Å². The molecule has 0 spiro atoms. The van der Waals surface area contributed by atoms with Crippen molar-refractivity contribution in [2.75, 3.05) is 17.2 Å². The summed E-state index contributed by atoms with van der Waals surface area (Å²) in [5.74, 6) is 0. The molecule has 1 aromatic rings. The summed E-state index contributed by atoms with van der Waals surface area (Å²) >= 11 is 4.91. The highest BCUT2D eigenvalue weighted by Gasteiger charge is 2.06. The number of halogens is 1. The smallest absolute Gasteiger partial charge is 0.107 e. The summed E-state index contributed by atoms with van der Waals surface area (Å²) in [4.78, 5) is 0. The lowest BCUT2D eigenvalue weighted by molar-refractivity contribution is 1.25. The summed E-state index contributed by atoms with van der Waals surface area (Å²) in [5, 5.41) is 15.9. The SMILES string of the molecule is Cc1csc(NCCBr)c1C#N. The van der Waals surface area contributed by atoms with Gasteiger partial charge < -0.3 is 5.32 Å². The first kappa shape index (κ1) is 9.56. The zero-order valence-electron chi connectivity index (χ0n) is 6.72. The molecule has 0 saturated heterocycles. The Morgan fingerprint density at radius 2 is 2.50 bits per heavy atom. The van der Waals surface area contributed by atoms with Crippen molar-refractivity contribution < 1.29 is 0 Å². The number of anilines is 1. The molecule has 0 amide bonds. The van der Waals surface area contributed by atoms with E-state index in [0.717, 1.165) is 28.0 Å². The van der Waals surface area contributed by atoms with Crippen LogP contribution in [0.5, 0.6) is 0 Å². The highest BCUT2D eigenvalue weighted by atomic mass is 79.9. The fourth-order valence-electron chi connectivity index (χ4n) is 0.874. The van der Waals surface area contributed by atoms with E-state index >= 15 is 0 Å². The van der Waals surface area contributed by atoms with Gasteiger partial charge in [0.1, 0.15) is 11.1 Å². The third kappa shape index (κ3) is 1.99. The second kappa shape index (κ2) is 4.48. The molecule has 0 radical (unpaired) electrons. The van der Waals surface area contributed by atoms with Crippen LogP contribution >= 0.6 is 27.3 Å². The van der Waals surface area contributed by atoms with Crippen molar-refractivity contribution in [1.82, 2.24) is 0 Å². The Balaban J connectivity index is 2.79. The van der Waals surface area contributed by atoms with Gasteiger partial charge in [0.25, 0.3) is 0 Å². The highest BCUT2D eigenvalue weighted by Crippen LogP contribution is 2.26. The van der Waals surface area contributed by atoms with Crippen molar-refractivity contribution in [1.29, 1.82) is 5.26 Å². The van der Waals surface area contributed by atoms with Crippen LogP contribution in [0, 0.1) is 18.3 Å². The zero-order chi connectivity index (χ0) is 8.97. The normalized spacial score (nSPS) is 9.42. The minimum atomic E-state index is 0.779. The van der Waals surface area contributed by atoms with Gasteiger partial charge in [0.05, 0.1) is 5.56 Å². The highest BCUT2D eigenvalue weighted by molar-refractivity contribution is 9.09. The standard InChI is InChI=1S/C8H9BrN2S/c1-6-5-12-8(7(6)4-10)11-3-2-9/h5,11H,2-3H2,1H3. The van der Waals surface area contributed by atoms with Crippen molar-refractivity contribution >= 4 is 32.3 Å². The third-order valence-electron chi connectivity index (χ3n) is 1.47. The van der Waals surface area contributed by atoms with Crippen LogP contribution in [-0.4, -0.2) is 11.9 Å². The van der Waals surface area contributed by atoms with E-state index in [4.69, 9.17) is 5.26 Å². The van der Waals surface area contributed by atoms with E-state index in [1.807, 2.05) is 12.3 Å². The quantitative estimate of drug-likeness (QED) is 0.831. The molecule has 0 saturated carbocycles. The number of nitriles is 1. The molecular formula is C8H9BrN2S. The first-order valence-electron chi connectivity index (χ1n) is 3.57. The van der Waals surface area contributed by atoms with Gasteiger partial charge in [0.2, 0.25) is 0 Å². The maximum Gasteiger partial charge on any atom is 0.107 e. The van der Waals surface area contributed by atoms with Crippen molar-refractivity contribution in [3.63, 3.8) is 0 Å². The van der Waals surface area contributed by atoms with Gasteiger partial charge >= 0.3 is 0 Å². The third-order valence-corrected chi connectivity index (χ3v) is 2.92. The number of hydrogen-bond acceptors (Lipinski definition) is 3. The van der Waals surface area contributed by atoms with E-state index in [0.29, 0.717) is 0 Å². The number of thiophene rings is 1. The zero-order valence-corrected chi connectivity index (χ0v) is 9.13. The molecule has 0 fully saturated rings. The predicted molar refractivity (Wildman–Crippen MR) is 56.1 cm³/mol. The average molecular weight is 245 g/mol. The maximum atomic E-state index is 8.79. The summed E-state index contributed by atoms with van der Waals surface area (Å²) in [6, 6.07) is 2.19. The number of rotatable bonds is 3. The van der Waals surface area contributed by atoms with Gasteiger partial charge in [-0.3, -0.25) is 0 Å². The van der Waals surface area contributed by atoms with Gasteiger partial charge in [0.15, 0.2) is 0 Å².